The molecule has 0 fully saturated rings. The minimum atomic E-state index is -0.539. The summed E-state index contributed by atoms with van der Waals surface area (Å²) in [6.07, 6.45) is 0. The zero-order chi connectivity index (χ0) is 19.3. The topological polar surface area (TPSA) is 48.7 Å². The van der Waals surface area contributed by atoms with Crippen LogP contribution in [0.2, 0.25) is 5.02 Å². The van der Waals surface area contributed by atoms with Gasteiger partial charge in [0.15, 0.2) is 0 Å². The van der Waals surface area contributed by atoms with Gasteiger partial charge < -0.3 is 13.9 Å². The number of carbonyl (C=O) groups excluding carboxylic acids is 1. The van der Waals surface area contributed by atoms with E-state index in [1.807, 2.05) is 66.7 Å². The Kier molecular flexibility index (Phi) is 5.31. The summed E-state index contributed by atoms with van der Waals surface area (Å²) in [5.41, 5.74) is 2.08. The first-order chi connectivity index (χ1) is 13.7. The van der Waals surface area contributed by atoms with E-state index in [9.17, 15) is 4.79 Å². The van der Waals surface area contributed by atoms with Gasteiger partial charge in [0.2, 0.25) is 5.76 Å². The van der Waals surface area contributed by atoms with Crippen molar-refractivity contribution in [3.05, 3.63) is 101 Å². The highest BCUT2D eigenvalue weighted by Gasteiger charge is 2.22. The van der Waals surface area contributed by atoms with Crippen LogP contribution >= 0.6 is 11.6 Å². The van der Waals surface area contributed by atoms with Gasteiger partial charge in [0, 0.05) is 10.4 Å². The van der Waals surface area contributed by atoms with E-state index in [-0.39, 0.29) is 19.0 Å². The van der Waals surface area contributed by atoms with Crippen LogP contribution in [0.1, 0.15) is 21.7 Å². The van der Waals surface area contributed by atoms with E-state index in [2.05, 4.69) is 0 Å². The Morgan fingerprint density at radius 1 is 0.893 bits per heavy atom. The number of rotatable bonds is 6. The smallest absolute Gasteiger partial charge is 0.375 e. The van der Waals surface area contributed by atoms with Gasteiger partial charge in [0.1, 0.15) is 24.5 Å². The lowest BCUT2D eigenvalue weighted by atomic mass is 10.1. The fourth-order valence-corrected chi connectivity index (χ4v) is 3.13. The standard InChI is InChI=1S/C23H17ClO4/c24-17-8-6-7-16(13-17)14-27-23(25)22-20(15-26-18-9-2-1-3-10-18)19-11-4-5-12-21(19)28-22/h1-13H,14-15H2. The average molecular weight is 393 g/mol. The second-order valence-electron chi connectivity index (χ2n) is 6.21. The fraction of sp³-hybridized carbons (Fsp3) is 0.0870. The predicted octanol–water partition coefficient (Wildman–Crippen LogP) is 6.02. The summed E-state index contributed by atoms with van der Waals surface area (Å²) in [5, 5.41) is 1.42. The fourth-order valence-electron chi connectivity index (χ4n) is 2.92. The van der Waals surface area contributed by atoms with Gasteiger partial charge in [-0.05, 0) is 35.9 Å². The number of esters is 1. The maximum absolute atomic E-state index is 12.7. The van der Waals surface area contributed by atoms with Crippen LogP contribution in [0.3, 0.4) is 0 Å². The van der Waals surface area contributed by atoms with E-state index in [1.165, 1.54) is 0 Å². The summed E-state index contributed by atoms with van der Waals surface area (Å²) in [4.78, 5) is 12.7. The van der Waals surface area contributed by atoms with Crippen molar-refractivity contribution in [1.82, 2.24) is 0 Å². The van der Waals surface area contributed by atoms with Gasteiger partial charge in [-0.2, -0.15) is 0 Å². The minimum Gasteiger partial charge on any atom is -0.489 e. The van der Waals surface area contributed by atoms with Crippen molar-refractivity contribution < 1.29 is 18.7 Å². The van der Waals surface area contributed by atoms with E-state index in [0.29, 0.717) is 21.9 Å². The van der Waals surface area contributed by atoms with Gasteiger partial charge in [-0.15, -0.1) is 0 Å². The number of furan rings is 1. The van der Waals surface area contributed by atoms with Gasteiger partial charge in [0.25, 0.3) is 0 Å². The Hall–Kier alpha value is -3.24. The van der Waals surface area contributed by atoms with Crippen molar-refractivity contribution in [2.24, 2.45) is 0 Å². The predicted molar refractivity (Wildman–Crippen MR) is 108 cm³/mol. The molecule has 0 bridgehead atoms. The third kappa shape index (κ3) is 4.02. The number of fused-ring (bicyclic) bond motifs is 1. The van der Waals surface area contributed by atoms with E-state index in [1.54, 1.807) is 12.1 Å². The first kappa shape index (κ1) is 18.1. The number of hydrogen-bond donors (Lipinski definition) is 0. The van der Waals surface area contributed by atoms with Crippen LogP contribution in [0, 0.1) is 0 Å². The molecule has 4 aromatic rings. The Morgan fingerprint density at radius 2 is 1.68 bits per heavy atom. The highest BCUT2D eigenvalue weighted by atomic mass is 35.5. The lowest BCUT2D eigenvalue weighted by Gasteiger charge is -2.07. The van der Waals surface area contributed by atoms with Gasteiger partial charge in [0.05, 0.1) is 5.56 Å². The van der Waals surface area contributed by atoms with E-state index >= 15 is 0 Å². The van der Waals surface area contributed by atoms with Crippen LogP contribution in [0.15, 0.2) is 83.3 Å². The first-order valence-electron chi connectivity index (χ1n) is 8.80. The van der Waals surface area contributed by atoms with Gasteiger partial charge in [-0.1, -0.05) is 60.1 Å². The molecule has 1 heterocycles. The molecular weight excluding hydrogens is 376 g/mol. The maximum Gasteiger partial charge on any atom is 0.375 e. The zero-order valence-corrected chi connectivity index (χ0v) is 15.7. The molecule has 0 aliphatic carbocycles. The molecule has 0 atom stereocenters. The Morgan fingerprint density at radius 3 is 2.50 bits per heavy atom. The molecule has 0 radical (unpaired) electrons. The zero-order valence-electron chi connectivity index (χ0n) is 14.9. The summed E-state index contributed by atoms with van der Waals surface area (Å²) in [6.45, 7) is 0.304. The highest BCUT2D eigenvalue weighted by molar-refractivity contribution is 6.30. The Balaban J connectivity index is 1.57. The number of ether oxygens (including phenoxy) is 2. The van der Waals surface area contributed by atoms with Crippen LogP contribution in [0.5, 0.6) is 5.75 Å². The van der Waals surface area contributed by atoms with Crippen LogP contribution < -0.4 is 4.74 Å². The van der Waals surface area contributed by atoms with E-state index in [4.69, 9.17) is 25.5 Å². The van der Waals surface area contributed by atoms with Crippen molar-refractivity contribution in [3.8, 4) is 5.75 Å². The van der Waals surface area contributed by atoms with Crippen LogP contribution in [0.4, 0.5) is 0 Å². The molecule has 3 aromatic carbocycles. The third-order valence-corrected chi connectivity index (χ3v) is 4.50. The number of hydrogen-bond acceptors (Lipinski definition) is 4. The van der Waals surface area contributed by atoms with Gasteiger partial charge >= 0.3 is 5.97 Å². The Bertz CT molecular complexity index is 1100. The molecule has 4 rings (SSSR count). The lowest BCUT2D eigenvalue weighted by Crippen LogP contribution is -2.08. The van der Waals surface area contributed by atoms with E-state index < -0.39 is 5.97 Å². The Labute approximate surface area is 167 Å². The summed E-state index contributed by atoms with van der Waals surface area (Å²) in [5.74, 6) is 0.327. The number of benzene rings is 3. The van der Waals surface area contributed by atoms with Crippen molar-refractivity contribution in [1.29, 1.82) is 0 Å². The summed E-state index contributed by atoms with van der Waals surface area (Å²) < 4.78 is 17.1. The molecule has 4 nitrogen and oxygen atoms in total. The van der Waals surface area contributed by atoms with Crippen molar-refractivity contribution in [3.63, 3.8) is 0 Å². The monoisotopic (exact) mass is 392 g/mol. The van der Waals surface area contributed by atoms with Crippen molar-refractivity contribution in [2.45, 2.75) is 13.2 Å². The summed E-state index contributed by atoms with van der Waals surface area (Å²) >= 11 is 5.98. The lowest BCUT2D eigenvalue weighted by molar-refractivity contribution is 0.0435. The molecule has 0 unspecified atom stereocenters. The van der Waals surface area contributed by atoms with Crippen LogP contribution in [0.25, 0.3) is 11.0 Å². The minimum absolute atomic E-state index is 0.107. The number of carbonyl (C=O) groups is 1. The quantitative estimate of drug-likeness (QED) is 0.376. The second kappa shape index (κ2) is 8.19. The molecule has 0 N–H and O–H groups in total. The molecule has 0 amide bonds. The third-order valence-electron chi connectivity index (χ3n) is 4.27. The number of para-hydroxylation sites is 2. The van der Waals surface area contributed by atoms with Gasteiger partial charge in [-0.25, -0.2) is 4.79 Å². The molecule has 0 aliphatic rings. The summed E-state index contributed by atoms with van der Waals surface area (Å²) in [7, 11) is 0. The molecule has 0 saturated carbocycles. The normalized spacial score (nSPS) is 10.8. The van der Waals surface area contributed by atoms with Crippen molar-refractivity contribution in [2.75, 3.05) is 0 Å². The molecule has 0 saturated heterocycles. The first-order valence-corrected chi connectivity index (χ1v) is 9.18. The highest BCUT2D eigenvalue weighted by Crippen LogP contribution is 2.28. The molecule has 5 heteroatoms. The molecular formula is C23H17ClO4. The van der Waals surface area contributed by atoms with Crippen LogP contribution in [-0.4, -0.2) is 5.97 Å². The van der Waals surface area contributed by atoms with Gasteiger partial charge in [-0.3, -0.25) is 0 Å². The largest absolute Gasteiger partial charge is 0.489 e. The molecule has 28 heavy (non-hydrogen) atoms. The molecule has 1 aromatic heterocycles. The summed E-state index contributed by atoms with van der Waals surface area (Å²) in [6, 6.07) is 24.1. The molecule has 0 aliphatic heterocycles. The van der Waals surface area contributed by atoms with Crippen LogP contribution in [-0.2, 0) is 18.0 Å². The maximum atomic E-state index is 12.7. The molecule has 0 spiro atoms. The number of halogens is 1. The van der Waals surface area contributed by atoms with E-state index in [0.717, 1.165) is 10.9 Å². The SMILES string of the molecule is O=C(OCc1cccc(Cl)c1)c1oc2ccccc2c1COc1ccccc1. The van der Waals surface area contributed by atoms with Crippen molar-refractivity contribution >= 4 is 28.5 Å². The molecule has 140 valence electrons. The average Bonchev–Trinajstić information content (AvgIpc) is 3.10. The second-order valence-corrected chi connectivity index (χ2v) is 6.65.